The molecule has 0 amide bonds. The SMILES string of the molecule is CCCCN1CCN(c2ccc3cc(C(C)C)[nH]c3c2)CC1. The Hall–Kier alpha value is -1.48. The van der Waals surface area contributed by atoms with E-state index >= 15 is 0 Å². The third-order valence-corrected chi connectivity index (χ3v) is 4.81. The fourth-order valence-corrected chi connectivity index (χ4v) is 3.26. The highest BCUT2D eigenvalue weighted by Crippen LogP contribution is 2.26. The van der Waals surface area contributed by atoms with Gasteiger partial charge < -0.3 is 9.88 Å². The summed E-state index contributed by atoms with van der Waals surface area (Å²) in [6.07, 6.45) is 2.62. The van der Waals surface area contributed by atoms with E-state index in [4.69, 9.17) is 0 Å². The average molecular weight is 299 g/mol. The van der Waals surface area contributed by atoms with Gasteiger partial charge in [-0.2, -0.15) is 0 Å². The Morgan fingerprint density at radius 1 is 1.09 bits per heavy atom. The lowest BCUT2D eigenvalue weighted by Gasteiger charge is -2.36. The van der Waals surface area contributed by atoms with Gasteiger partial charge in [0, 0.05) is 43.1 Å². The second kappa shape index (κ2) is 6.74. The fourth-order valence-electron chi connectivity index (χ4n) is 3.26. The predicted molar refractivity (Wildman–Crippen MR) is 95.9 cm³/mol. The molecule has 2 heterocycles. The lowest BCUT2D eigenvalue weighted by molar-refractivity contribution is 0.254. The minimum Gasteiger partial charge on any atom is -0.369 e. The van der Waals surface area contributed by atoms with Gasteiger partial charge in [0.25, 0.3) is 0 Å². The maximum absolute atomic E-state index is 3.57. The number of anilines is 1. The number of rotatable bonds is 5. The van der Waals surface area contributed by atoms with E-state index in [0.717, 1.165) is 13.1 Å². The molecule has 1 N–H and O–H groups in total. The topological polar surface area (TPSA) is 22.3 Å². The van der Waals surface area contributed by atoms with Gasteiger partial charge in [0.15, 0.2) is 0 Å². The molecule has 1 aromatic heterocycles. The molecule has 1 saturated heterocycles. The van der Waals surface area contributed by atoms with Crippen LogP contribution in [-0.2, 0) is 0 Å². The third kappa shape index (κ3) is 3.30. The molecule has 1 aliphatic heterocycles. The zero-order valence-electron chi connectivity index (χ0n) is 14.2. The van der Waals surface area contributed by atoms with Gasteiger partial charge in [-0.25, -0.2) is 0 Å². The first-order valence-electron chi connectivity index (χ1n) is 8.77. The molecule has 3 nitrogen and oxygen atoms in total. The molecule has 3 rings (SSSR count). The van der Waals surface area contributed by atoms with Crippen LogP contribution in [0.25, 0.3) is 10.9 Å². The number of piperazine rings is 1. The summed E-state index contributed by atoms with van der Waals surface area (Å²) >= 11 is 0. The van der Waals surface area contributed by atoms with E-state index in [2.05, 4.69) is 59.8 Å². The summed E-state index contributed by atoms with van der Waals surface area (Å²) in [6.45, 7) is 12.7. The Morgan fingerprint density at radius 2 is 1.86 bits per heavy atom. The van der Waals surface area contributed by atoms with Gasteiger partial charge >= 0.3 is 0 Å². The van der Waals surface area contributed by atoms with Crippen molar-refractivity contribution in [1.29, 1.82) is 0 Å². The van der Waals surface area contributed by atoms with E-state index in [1.165, 1.54) is 54.8 Å². The van der Waals surface area contributed by atoms with Crippen LogP contribution < -0.4 is 4.90 Å². The third-order valence-electron chi connectivity index (χ3n) is 4.81. The quantitative estimate of drug-likeness (QED) is 0.893. The van der Waals surface area contributed by atoms with Crippen LogP contribution in [0.15, 0.2) is 24.3 Å². The fraction of sp³-hybridized carbons (Fsp3) is 0.579. The van der Waals surface area contributed by atoms with Crippen LogP contribution in [0, 0.1) is 0 Å². The number of hydrogen-bond donors (Lipinski definition) is 1. The second-order valence-electron chi connectivity index (χ2n) is 6.83. The van der Waals surface area contributed by atoms with Crippen LogP contribution in [0.1, 0.15) is 45.2 Å². The highest BCUT2D eigenvalue weighted by atomic mass is 15.3. The van der Waals surface area contributed by atoms with Gasteiger partial charge in [0.2, 0.25) is 0 Å². The molecule has 0 aliphatic carbocycles. The number of unbranched alkanes of at least 4 members (excludes halogenated alkanes) is 1. The van der Waals surface area contributed by atoms with Crippen molar-refractivity contribution in [2.45, 2.75) is 39.5 Å². The van der Waals surface area contributed by atoms with Gasteiger partial charge in [0.1, 0.15) is 0 Å². The Kier molecular flexibility index (Phi) is 4.72. The van der Waals surface area contributed by atoms with Gasteiger partial charge in [-0.3, -0.25) is 4.90 Å². The summed E-state index contributed by atoms with van der Waals surface area (Å²) in [4.78, 5) is 8.70. The number of fused-ring (bicyclic) bond motifs is 1. The molecular weight excluding hydrogens is 270 g/mol. The number of aromatic amines is 1. The van der Waals surface area contributed by atoms with E-state index < -0.39 is 0 Å². The van der Waals surface area contributed by atoms with Crippen LogP contribution in [0.3, 0.4) is 0 Å². The van der Waals surface area contributed by atoms with Crippen molar-refractivity contribution in [3.8, 4) is 0 Å². The molecule has 1 fully saturated rings. The molecule has 0 unspecified atom stereocenters. The first-order chi connectivity index (χ1) is 10.7. The molecular formula is C19H29N3. The van der Waals surface area contributed by atoms with E-state index in [9.17, 15) is 0 Å². The van der Waals surface area contributed by atoms with Crippen molar-refractivity contribution in [3.63, 3.8) is 0 Å². The van der Waals surface area contributed by atoms with Crippen LogP contribution in [0.4, 0.5) is 5.69 Å². The average Bonchev–Trinajstić information content (AvgIpc) is 2.97. The number of aromatic nitrogens is 1. The summed E-state index contributed by atoms with van der Waals surface area (Å²) in [6, 6.07) is 9.15. The molecule has 0 atom stereocenters. The van der Waals surface area contributed by atoms with Gasteiger partial charge in [-0.15, -0.1) is 0 Å². The molecule has 3 heteroatoms. The van der Waals surface area contributed by atoms with Crippen molar-refractivity contribution in [2.75, 3.05) is 37.6 Å². The van der Waals surface area contributed by atoms with Crippen LogP contribution in [-0.4, -0.2) is 42.6 Å². The van der Waals surface area contributed by atoms with Gasteiger partial charge in [-0.1, -0.05) is 33.3 Å². The second-order valence-corrected chi connectivity index (χ2v) is 6.83. The number of H-pyrrole nitrogens is 1. The van der Waals surface area contributed by atoms with E-state index in [-0.39, 0.29) is 0 Å². The number of benzene rings is 1. The highest BCUT2D eigenvalue weighted by molar-refractivity contribution is 5.84. The monoisotopic (exact) mass is 299 g/mol. The van der Waals surface area contributed by atoms with E-state index in [1.54, 1.807) is 0 Å². The molecule has 0 spiro atoms. The Bertz CT molecular complexity index is 606. The summed E-state index contributed by atoms with van der Waals surface area (Å²) in [7, 11) is 0. The molecule has 0 saturated carbocycles. The molecule has 0 radical (unpaired) electrons. The summed E-state index contributed by atoms with van der Waals surface area (Å²) in [5.74, 6) is 0.554. The largest absolute Gasteiger partial charge is 0.369 e. The highest BCUT2D eigenvalue weighted by Gasteiger charge is 2.17. The normalized spacial score (nSPS) is 16.8. The Morgan fingerprint density at radius 3 is 2.55 bits per heavy atom. The number of nitrogens with zero attached hydrogens (tertiary/aromatic N) is 2. The minimum atomic E-state index is 0.554. The Labute approximate surface area is 134 Å². The molecule has 120 valence electrons. The Balaban J connectivity index is 1.69. The first-order valence-corrected chi connectivity index (χ1v) is 8.77. The van der Waals surface area contributed by atoms with Crippen LogP contribution in [0.2, 0.25) is 0 Å². The van der Waals surface area contributed by atoms with Crippen molar-refractivity contribution in [3.05, 3.63) is 30.0 Å². The van der Waals surface area contributed by atoms with Crippen molar-refractivity contribution >= 4 is 16.6 Å². The smallest absolute Gasteiger partial charge is 0.0476 e. The summed E-state index contributed by atoms with van der Waals surface area (Å²) < 4.78 is 0. The van der Waals surface area contributed by atoms with Crippen LogP contribution >= 0.6 is 0 Å². The summed E-state index contributed by atoms with van der Waals surface area (Å²) in [5, 5.41) is 1.33. The van der Waals surface area contributed by atoms with Crippen molar-refractivity contribution in [2.24, 2.45) is 0 Å². The van der Waals surface area contributed by atoms with E-state index in [0.29, 0.717) is 5.92 Å². The minimum absolute atomic E-state index is 0.554. The standard InChI is InChI=1S/C19H29N3/c1-4-5-8-21-9-11-22(12-10-21)17-7-6-16-13-18(15(2)3)20-19(16)14-17/h6-7,13-15,20H,4-5,8-12H2,1-3H3. The maximum Gasteiger partial charge on any atom is 0.0476 e. The lowest BCUT2D eigenvalue weighted by Crippen LogP contribution is -2.46. The number of hydrogen-bond acceptors (Lipinski definition) is 2. The molecule has 22 heavy (non-hydrogen) atoms. The van der Waals surface area contributed by atoms with Gasteiger partial charge in [-0.05, 0) is 42.5 Å². The molecule has 1 aromatic carbocycles. The number of nitrogens with one attached hydrogen (secondary N) is 1. The van der Waals surface area contributed by atoms with Crippen LogP contribution in [0.5, 0.6) is 0 Å². The summed E-state index contributed by atoms with van der Waals surface area (Å²) in [5.41, 5.74) is 3.96. The van der Waals surface area contributed by atoms with Crippen molar-refractivity contribution in [1.82, 2.24) is 9.88 Å². The molecule has 1 aliphatic rings. The lowest BCUT2D eigenvalue weighted by atomic mass is 10.1. The first kappa shape index (κ1) is 15.4. The van der Waals surface area contributed by atoms with Crippen molar-refractivity contribution < 1.29 is 0 Å². The zero-order valence-corrected chi connectivity index (χ0v) is 14.2. The molecule has 0 bridgehead atoms. The molecule has 2 aromatic rings. The maximum atomic E-state index is 3.57. The predicted octanol–water partition coefficient (Wildman–Crippen LogP) is 4.21. The zero-order chi connectivity index (χ0) is 15.5. The van der Waals surface area contributed by atoms with E-state index in [1.807, 2.05) is 0 Å². The van der Waals surface area contributed by atoms with Gasteiger partial charge in [0.05, 0.1) is 0 Å².